The maximum Gasteiger partial charge on any atom is 0.342 e. The molecule has 1 fully saturated rings. The van der Waals surface area contributed by atoms with E-state index in [-0.39, 0.29) is 11.8 Å². The number of phenolic OH excluding ortho intramolecular Hbond substituents is 1. The highest BCUT2D eigenvalue weighted by Gasteiger charge is 2.30. The molecule has 2 aromatic rings. The molecule has 0 aliphatic heterocycles. The van der Waals surface area contributed by atoms with Gasteiger partial charge in [0, 0.05) is 24.1 Å². The number of ether oxygens (including phenoxy) is 1. The van der Waals surface area contributed by atoms with E-state index in [0.717, 1.165) is 18.5 Å². The first-order valence-electron chi connectivity index (χ1n) is 7.39. The average Bonchev–Trinajstić information content (AvgIpc) is 3.26. The minimum absolute atomic E-state index is 0.0854. The smallest absolute Gasteiger partial charge is 0.342 e. The van der Waals surface area contributed by atoms with Crippen molar-refractivity contribution >= 4 is 6.03 Å². The summed E-state index contributed by atoms with van der Waals surface area (Å²) < 4.78 is 6.50. The van der Waals surface area contributed by atoms with Gasteiger partial charge in [0.25, 0.3) is 0 Å². The van der Waals surface area contributed by atoms with Gasteiger partial charge < -0.3 is 15.2 Å². The Hall–Kier alpha value is -2.50. The number of carbonyl (C=O) groups excluding carboxylic acids is 1. The SMILES string of the molecule is CCNC(=O)n1nc(-c2ccc(OC)cc2O)cc1C1CC1. The van der Waals surface area contributed by atoms with E-state index in [1.165, 1.54) is 10.7 Å². The molecular weight excluding hydrogens is 282 g/mol. The lowest BCUT2D eigenvalue weighted by molar-refractivity contribution is 0.239. The second kappa shape index (κ2) is 5.71. The molecule has 0 saturated heterocycles. The highest BCUT2D eigenvalue weighted by Crippen LogP contribution is 2.42. The number of aromatic nitrogens is 2. The fraction of sp³-hybridized carbons (Fsp3) is 0.375. The fourth-order valence-electron chi connectivity index (χ4n) is 2.44. The maximum atomic E-state index is 12.1. The van der Waals surface area contributed by atoms with Crippen molar-refractivity contribution in [2.45, 2.75) is 25.7 Å². The first-order chi connectivity index (χ1) is 10.6. The van der Waals surface area contributed by atoms with E-state index >= 15 is 0 Å². The van der Waals surface area contributed by atoms with Gasteiger partial charge in [-0.2, -0.15) is 9.78 Å². The third-order valence-electron chi connectivity index (χ3n) is 3.73. The van der Waals surface area contributed by atoms with Gasteiger partial charge in [-0.25, -0.2) is 4.79 Å². The predicted octanol–water partition coefficient (Wildman–Crippen LogP) is 2.72. The van der Waals surface area contributed by atoms with E-state index in [1.807, 2.05) is 13.0 Å². The third-order valence-corrected chi connectivity index (χ3v) is 3.73. The number of rotatable bonds is 4. The molecule has 0 spiro atoms. The van der Waals surface area contributed by atoms with Crippen LogP contribution in [0.25, 0.3) is 11.3 Å². The van der Waals surface area contributed by atoms with Gasteiger partial charge in [-0.1, -0.05) is 0 Å². The number of nitrogens with zero attached hydrogens (tertiary/aromatic N) is 2. The Labute approximate surface area is 128 Å². The zero-order chi connectivity index (χ0) is 15.7. The monoisotopic (exact) mass is 301 g/mol. The molecule has 1 aliphatic rings. The van der Waals surface area contributed by atoms with Gasteiger partial charge in [0.1, 0.15) is 11.5 Å². The number of hydrogen-bond donors (Lipinski definition) is 2. The summed E-state index contributed by atoms with van der Waals surface area (Å²) in [7, 11) is 1.55. The molecule has 2 N–H and O–H groups in total. The van der Waals surface area contributed by atoms with Crippen LogP contribution in [-0.2, 0) is 0 Å². The van der Waals surface area contributed by atoms with Crippen molar-refractivity contribution in [1.29, 1.82) is 0 Å². The topological polar surface area (TPSA) is 76.4 Å². The molecule has 0 unspecified atom stereocenters. The van der Waals surface area contributed by atoms with Gasteiger partial charge in [0.2, 0.25) is 0 Å². The number of phenols is 1. The summed E-state index contributed by atoms with van der Waals surface area (Å²) in [5.41, 5.74) is 2.08. The number of amides is 1. The number of benzene rings is 1. The lowest BCUT2D eigenvalue weighted by atomic mass is 10.1. The highest BCUT2D eigenvalue weighted by atomic mass is 16.5. The average molecular weight is 301 g/mol. The van der Waals surface area contributed by atoms with Crippen LogP contribution < -0.4 is 10.1 Å². The lowest BCUT2D eigenvalue weighted by Gasteiger charge is -2.05. The van der Waals surface area contributed by atoms with E-state index in [4.69, 9.17) is 4.74 Å². The molecule has 1 aliphatic carbocycles. The maximum absolute atomic E-state index is 12.1. The molecule has 1 amide bonds. The minimum atomic E-state index is -0.233. The summed E-state index contributed by atoms with van der Waals surface area (Å²) >= 11 is 0. The molecule has 1 heterocycles. The summed E-state index contributed by atoms with van der Waals surface area (Å²) in [6, 6.07) is 6.70. The molecule has 6 nitrogen and oxygen atoms in total. The van der Waals surface area contributed by atoms with Crippen molar-refractivity contribution in [1.82, 2.24) is 15.1 Å². The number of carbonyl (C=O) groups is 1. The molecule has 0 bridgehead atoms. The van der Waals surface area contributed by atoms with Crippen molar-refractivity contribution in [3.63, 3.8) is 0 Å². The molecule has 3 rings (SSSR count). The normalized spacial score (nSPS) is 13.9. The summed E-state index contributed by atoms with van der Waals surface area (Å²) in [5, 5.41) is 17.3. The van der Waals surface area contributed by atoms with Crippen LogP contribution in [0.15, 0.2) is 24.3 Å². The summed E-state index contributed by atoms with van der Waals surface area (Å²) in [4.78, 5) is 12.1. The van der Waals surface area contributed by atoms with Crippen LogP contribution >= 0.6 is 0 Å². The van der Waals surface area contributed by atoms with Crippen molar-refractivity contribution in [3.8, 4) is 22.8 Å². The van der Waals surface area contributed by atoms with Gasteiger partial charge in [0.15, 0.2) is 0 Å². The first-order valence-corrected chi connectivity index (χ1v) is 7.39. The Morgan fingerprint density at radius 3 is 2.82 bits per heavy atom. The largest absolute Gasteiger partial charge is 0.507 e. The quantitative estimate of drug-likeness (QED) is 0.910. The Morgan fingerprint density at radius 2 is 2.23 bits per heavy atom. The van der Waals surface area contributed by atoms with Crippen LogP contribution in [0.3, 0.4) is 0 Å². The molecule has 1 aromatic heterocycles. The molecule has 22 heavy (non-hydrogen) atoms. The fourth-order valence-corrected chi connectivity index (χ4v) is 2.44. The van der Waals surface area contributed by atoms with E-state index < -0.39 is 0 Å². The summed E-state index contributed by atoms with van der Waals surface area (Å²) in [6.45, 7) is 2.42. The summed E-state index contributed by atoms with van der Waals surface area (Å²) in [6.07, 6.45) is 2.14. The van der Waals surface area contributed by atoms with Gasteiger partial charge >= 0.3 is 6.03 Å². The molecule has 0 radical (unpaired) electrons. The van der Waals surface area contributed by atoms with Crippen molar-refractivity contribution in [2.75, 3.05) is 13.7 Å². The van der Waals surface area contributed by atoms with Crippen LogP contribution in [0.4, 0.5) is 4.79 Å². The van der Waals surface area contributed by atoms with Crippen molar-refractivity contribution in [3.05, 3.63) is 30.0 Å². The number of nitrogens with one attached hydrogen (secondary N) is 1. The number of hydrogen-bond acceptors (Lipinski definition) is 4. The minimum Gasteiger partial charge on any atom is -0.507 e. The van der Waals surface area contributed by atoms with Crippen LogP contribution in [0.1, 0.15) is 31.4 Å². The van der Waals surface area contributed by atoms with E-state index in [9.17, 15) is 9.90 Å². The Bertz CT molecular complexity index is 705. The number of methoxy groups -OCH3 is 1. The highest BCUT2D eigenvalue weighted by molar-refractivity contribution is 5.79. The van der Waals surface area contributed by atoms with E-state index in [1.54, 1.807) is 19.2 Å². The van der Waals surface area contributed by atoms with Crippen molar-refractivity contribution < 1.29 is 14.6 Å². The van der Waals surface area contributed by atoms with E-state index in [2.05, 4.69) is 10.4 Å². The Morgan fingerprint density at radius 1 is 1.45 bits per heavy atom. The second-order valence-corrected chi connectivity index (χ2v) is 5.36. The Balaban J connectivity index is 2.01. The predicted molar refractivity (Wildman–Crippen MR) is 82.3 cm³/mol. The van der Waals surface area contributed by atoms with Crippen LogP contribution in [0, 0.1) is 0 Å². The lowest BCUT2D eigenvalue weighted by Crippen LogP contribution is -2.30. The van der Waals surface area contributed by atoms with Gasteiger partial charge in [-0.15, -0.1) is 0 Å². The van der Waals surface area contributed by atoms with E-state index in [0.29, 0.717) is 29.5 Å². The van der Waals surface area contributed by atoms with Gasteiger partial charge in [-0.3, -0.25) is 0 Å². The van der Waals surface area contributed by atoms with Crippen LogP contribution in [0.5, 0.6) is 11.5 Å². The number of aromatic hydroxyl groups is 1. The zero-order valence-electron chi connectivity index (χ0n) is 12.7. The molecule has 116 valence electrons. The Kier molecular flexibility index (Phi) is 3.75. The standard InChI is InChI=1S/C16H19N3O3/c1-3-17-16(21)19-14(10-4-5-10)9-13(18-19)12-7-6-11(22-2)8-15(12)20/h6-10,20H,3-5H2,1-2H3,(H,17,21). The third kappa shape index (κ3) is 2.64. The summed E-state index contributed by atoms with van der Waals surface area (Å²) in [5.74, 6) is 1.04. The first kappa shape index (κ1) is 14.4. The van der Waals surface area contributed by atoms with Crippen LogP contribution in [-0.4, -0.2) is 34.6 Å². The van der Waals surface area contributed by atoms with Gasteiger partial charge in [-0.05, 0) is 38.0 Å². The molecule has 1 aromatic carbocycles. The zero-order valence-corrected chi connectivity index (χ0v) is 12.7. The molecule has 0 atom stereocenters. The second-order valence-electron chi connectivity index (χ2n) is 5.36. The molecule has 1 saturated carbocycles. The molecular formula is C16H19N3O3. The van der Waals surface area contributed by atoms with Gasteiger partial charge in [0.05, 0.1) is 18.5 Å². The molecule has 6 heteroatoms. The van der Waals surface area contributed by atoms with Crippen molar-refractivity contribution in [2.24, 2.45) is 0 Å². The van der Waals surface area contributed by atoms with Crippen LogP contribution in [0.2, 0.25) is 0 Å².